The molecule has 1 aromatic heterocycles. The van der Waals surface area contributed by atoms with Crippen LogP contribution in [0, 0.1) is 5.92 Å². The molecule has 1 aliphatic carbocycles. The number of hydrogen-bond donors (Lipinski definition) is 0. The minimum atomic E-state index is 0.0156. The monoisotopic (exact) mass is 207 g/mol. The molecule has 1 aromatic rings. The number of carbonyl (C=O) groups excluding carboxylic acids is 1. The number of aryl methyl sites for hydroxylation is 1. The summed E-state index contributed by atoms with van der Waals surface area (Å²) in [5.41, 5.74) is 0. The Morgan fingerprint density at radius 1 is 1.67 bits per heavy atom. The molecule has 15 heavy (non-hydrogen) atoms. The van der Waals surface area contributed by atoms with Crippen LogP contribution < -0.4 is 0 Å². The van der Waals surface area contributed by atoms with Crippen LogP contribution in [0.3, 0.4) is 0 Å². The molecule has 0 bridgehead atoms. The zero-order valence-corrected chi connectivity index (χ0v) is 9.47. The summed E-state index contributed by atoms with van der Waals surface area (Å²) in [5.74, 6) is 1.23. The summed E-state index contributed by atoms with van der Waals surface area (Å²) in [6.07, 6.45) is 5.95. The van der Waals surface area contributed by atoms with Gasteiger partial charge in [-0.3, -0.25) is 4.79 Å². The second-order valence-corrected chi connectivity index (χ2v) is 4.36. The van der Waals surface area contributed by atoms with Crippen molar-refractivity contribution in [1.82, 2.24) is 14.5 Å². The Hall–Kier alpha value is -1.32. The lowest BCUT2D eigenvalue weighted by molar-refractivity contribution is 0.0711. The van der Waals surface area contributed by atoms with Crippen molar-refractivity contribution in [2.24, 2.45) is 13.0 Å². The average molecular weight is 207 g/mol. The van der Waals surface area contributed by atoms with E-state index in [0.29, 0.717) is 17.8 Å². The van der Waals surface area contributed by atoms with Crippen LogP contribution in [-0.4, -0.2) is 33.4 Å². The highest BCUT2D eigenvalue weighted by Crippen LogP contribution is 2.34. The second kappa shape index (κ2) is 3.68. The van der Waals surface area contributed by atoms with Gasteiger partial charge in [-0.1, -0.05) is 0 Å². The smallest absolute Gasteiger partial charge is 0.289 e. The van der Waals surface area contributed by atoms with Crippen LogP contribution in [0.5, 0.6) is 0 Å². The Kier molecular flexibility index (Phi) is 2.50. The Balaban J connectivity index is 2.10. The molecule has 82 valence electrons. The van der Waals surface area contributed by atoms with Crippen LogP contribution in [0.1, 0.15) is 30.4 Å². The maximum atomic E-state index is 12.0. The van der Waals surface area contributed by atoms with Crippen molar-refractivity contribution < 1.29 is 4.79 Å². The molecule has 4 heteroatoms. The fourth-order valence-electron chi connectivity index (χ4n) is 1.81. The van der Waals surface area contributed by atoms with Gasteiger partial charge in [0.05, 0.1) is 0 Å². The van der Waals surface area contributed by atoms with Gasteiger partial charge in [-0.25, -0.2) is 4.98 Å². The van der Waals surface area contributed by atoms with Gasteiger partial charge in [-0.15, -0.1) is 0 Å². The summed E-state index contributed by atoms with van der Waals surface area (Å²) in [7, 11) is 3.70. The molecule has 1 saturated carbocycles. The normalized spacial score (nSPS) is 17.5. The minimum absolute atomic E-state index is 0.0156. The van der Waals surface area contributed by atoms with Gasteiger partial charge in [0, 0.05) is 32.5 Å². The number of hydrogen-bond acceptors (Lipinski definition) is 2. The highest BCUT2D eigenvalue weighted by Gasteiger charge is 2.33. The van der Waals surface area contributed by atoms with Gasteiger partial charge in [0.2, 0.25) is 0 Å². The van der Waals surface area contributed by atoms with Crippen LogP contribution in [0.15, 0.2) is 12.4 Å². The van der Waals surface area contributed by atoms with E-state index in [1.165, 1.54) is 12.8 Å². The summed E-state index contributed by atoms with van der Waals surface area (Å²) in [6.45, 7) is 2.11. The van der Waals surface area contributed by atoms with E-state index in [1.54, 1.807) is 21.9 Å². The van der Waals surface area contributed by atoms with Crippen LogP contribution >= 0.6 is 0 Å². The SMILES string of the molecule is CC(C1CC1)N(C)C(=O)c1nccn1C. The van der Waals surface area contributed by atoms with Gasteiger partial charge in [0.25, 0.3) is 5.91 Å². The summed E-state index contributed by atoms with van der Waals surface area (Å²) < 4.78 is 1.76. The van der Waals surface area contributed by atoms with E-state index in [9.17, 15) is 4.79 Å². The molecule has 0 saturated heterocycles. The molecule has 0 N–H and O–H groups in total. The fraction of sp³-hybridized carbons (Fsp3) is 0.636. The van der Waals surface area contributed by atoms with Crippen LogP contribution in [-0.2, 0) is 7.05 Å². The summed E-state index contributed by atoms with van der Waals surface area (Å²) in [4.78, 5) is 17.9. The Morgan fingerprint density at radius 2 is 2.33 bits per heavy atom. The average Bonchev–Trinajstić information content (AvgIpc) is 2.98. The molecule has 0 aromatic carbocycles. The van der Waals surface area contributed by atoms with Crippen molar-refractivity contribution in [1.29, 1.82) is 0 Å². The number of nitrogens with zero attached hydrogens (tertiary/aromatic N) is 3. The largest absolute Gasteiger partial charge is 0.336 e. The van der Waals surface area contributed by atoms with Crippen LogP contribution in [0.25, 0.3) is 0 Å². The van der Waals surface area contributed by atoms with E-state index in [-0.39, 0.29) is 5.91 Å². The molecule has 0 aliphatic heterocycles. The zero-order chi connectivity index (χ0) is 11.0. The quantitative estimate of drug-likeness (QED) is 0.749. The third-order valence-corrected chi connectivity index (χ3v) is 3.25. The molecule has 0 radical (unpaired) electrons. The molecule has 2 rings (SSSR count). The first-order chi connectivity index (χ1) is 7.11. The van der Waals surface area contributed by atoms with E-state index >= 15 is 0 Å². The number of imidazole rings is 1. The standard InChI is InChI=1S/C11H17N3O/c1-8(9-4-5-9)14(3)11(15)10-12-6-7-13(10)2/h6-9H,4-5H2,1-3H3. The van der Waals surface area contributed by atoms with Gasteiger partial charge in [0.15, 0.2) is 5.82 Å². The highest BCUT2D eigenvalue weighted by molar-refractivity contribution is 5.90. The molecule has 1 fully saturated rings. The van der Waals surface area contributed by atoms with E-state index < -0.39 is 0 Å². The third-order valence-electron chi connectivity index (χ3n) is 3.25. The first-order valence-corrected chi connectivity index (χ1v) is 5.35. The van der Waals surface area contributed by atoms with Crippen LogP contribution in [0.2, 0.25) is 0 Å². The van der Waals surface area contributed by atoms with Crippen molar-refractivity contribution in [3.8, 4) is 0 Å². The summed E-state index contributed by atoms with van der Waals surface area (Å²) in [5, 5.41) is 0. The van der Waals surface area contributed by atoms with E-state index in [2.05, 4.69) is 11.9 Å². The van der Waals surface area contributed by atoms with Crippen molar-refractivity contribution in [2.45, 2.75) is 25.8 Å². The molecule has 1 heterocycles. The Labute approximate surface area is 89.9 Å². The lowest BCUT2D eigenvalue weighted by Crippen LogP contribution is -2.37. The number of aromatic nitrogens is 2. The second-order valence-electron chi connectivity index (χ2n) is 4.36. The van der Waals surface area contributed by atoms with E-state index in [0.717, 1.165) is 0 Å². The lowest BCUT2D eigenvalue weighted by atomic mass is 10.2. The first-order valence-electron chi connectivity index (χ1n) is 5.35. The predicted molar refractivity (Wildman–Crippen MR) is 57.5 cm³/mol. The maximum Gasteiger partial charge on any atom is 0.289 e. The molecule has 1 unspecified atom stereocenters. The number of amides is 1. The van der Waals surface area contributed by atoms with E-state index in [1.807, 2.05) is 14.1 Å². The van der Waals surface area contributed by atoms with Crippen molar-refractivity contribution in [3.63, 3.8) is 0 Å². The highest BCUT2D eigenvalue weighted by atomic mass is 16.2. The summed E-state index contributed by atoms with van der Waals surface area (Å²) >= 11 is 0. The zero-order valence-electron chi connectivity index (χ0n) is 9.47. The van der Waals surface area contributed by atoms with Gasteiger partial charge in [-0.2, -0.15) is 0 Å². The van der Waals surface area contributed by atoms with Crippen molar-refractivity contribution >= 4 is 5.91 Å². The van der Waals surface area contributed by atoms with Crippen molar-refractivity contribution in [3.05, 3.63) is 18.2 Å². The molecular weight excluding hydrogens is 190 g/mol. The van der Waals surface area contributed by atoms with Gasteiger partial charge in [0.1, 0.15) is 0 Å². The fourth-order valence-corrected chi connectivity index (χ4v) is 1.81. The van der Waals surface area contributed by atoms with Gasteiger partial charge < -0.3 is 9.47 Å². The Morgan fingerprint density at radius 3 is 2.80 bits per heavy atom. The molecule has 1 atom stereocenters. The lowest BCUT2D eigenvalue weighted by Gasteiger charge is -2.24. The first kappa shape index (κ1) is 10.2. The predicted octanol–water partition coefficient (Wildman–Crippen LogP) is 1.29. The summed E-state index contributed by atoms with van der Waals surface area (Å²) in [6, 6.07) is 0.328. The maximum absolute atomic E-state index is 12.0. The number of carbonyl (C=O) groups is 1. The molecule has 0 spiro atoms. The molecule has 4 nitrogen and oxygen atoms in total. The topological polar surface area (TPSA) is 38.1 Å². The molecular formula is C11H17N3O. The minimum Gasteiger partial charge on any atom is -0.336 e. The third kappa shape index (κ3) is 1.89. The van der Waals surface area contributed by atoms with Crippen molar-refractivity contribution in [2.75, 3.05) is 7.05 Å². The van der Waals surface area contributed by atoms with E-state index in [4.69, 9.17) is 0 Å². The van der Waals surface area contributed by atoms with Crippen LogP contribution in [0.4, 0.5) is 0 Å². The van der Waals surface area contributed by atoms with Gasteiger partial charge in [-0.05, 0) is 25.7 Å². The Bertz CT molecular complexity index is 368. The van der Waals surface area contributed by atoms with Gasteiger partial charge >= 0.3 is 0 Å². The molecule has 1 aliphatic rings. The number of rotatable bonds is 3. The molecule has 1 amide bonds.